The molecule has 7 heteroatoms. The normalized spacial score (nSPS) is 13.2. The van der Waals surface area contributed by atoms with Crippen molar-refractivity contribution >= 4 is 27.0 Å². The maximum atomic E-state index is 12.4. The van der Waals surface area contributed by atoms with Crippen LogP contribution >= 0.6 is 11.3 Å². The van der Waals surface area contributed by atoms with Crippen molar-refractivity contribution in [3.8, 4) is 0 Å². The smallest absolute Gasteiger partial charge is 0.250 e. The molecule has 132 valence electrons. The average Bonchev–Trinajstić information content (AvgIpc) is 2.95. The molecule has 1 heterocycles. The Morgan fingerprint density at radius 2 is 1.67 bits per heavy atom. The molecule has 0 aliphatic rings. The second kappa shape index (κ2) is 7.65. The van der Waals surface area contributed by atoms with Gasteiger partial charge < -0.3 is 9.80 Å². The summed E-state index contributed by atoms with van der Waals surface area (Å²) in [6.07, 6.45) is 0. The summed E-state index contributed by atoms with van der Waals surface area (Å²) in [5.41, 5.74) is 2.20. The molecule has 0 fully saturated rings. The molecule has 1 N–H and O–H groups in total. The minimum Gasteiger partial charge on any atom is -0.378 e. The van der Waals surface area contributed by atoms with Gasteiger partial charge in [-0.1, -0.05) is 12.1 Å². The molecule has 5 nitrogen and oxygen atoms in total. The molecule has 0 aliphatic heterocycles. The molecular weight excluding hydrogens is 342 g/mol. The molecule has 0 saturated heterocycles. The van der Waals surface area contributed by atoms with Crippen LogP contribution in [-0.2, 0) is 10.0 Å². The maximum Gasteiger partial charge on any atom is 0.250 e. The number of thiophene rings is 1. The third-order valence-electron chi connectivity index (χ3n) is 3.86. The Kier molecular flexibility index (Phi) is 6.03. The Labute approximate surface area is 149 Å². The van der Waals surface area contributed by atoms with Crippen LogP contribution in [0, 0.1) is 6.92 Å². The first-order valence-corrected chi connectivity index (χ1v) is 10.0. The fourth-order valence-corrected chi connectivity index (χ4v) is 4.78. The van der Waals surface area contributed by atoms with Gasteiger partial charge in [-0.2, -0.15) is 0 Å². The van der Waals surface area contributed by atoms with Gasteiger partial charge in [-0.15, -0.1) is 11.3 Å². The van der Waals surface area contributed by atoms with Gasteiger partial charge in [0.2, 0.25) is 10.0 Å². The van der Waals surface area contributed by atoms with Crippen LogP contribution in [0.3, 0.4) is 0 Å². The summed E-state index contributed by atoms with van der Waals surface area (Å²) in [5, 5.41) is 0. The van der Waals surface area contributed by atoms with Crippen molar-refractivity contribution in [2.24, 2.45) is 0 Å². The molecule has 1 aromatic heterocycles. The number of anilines is 1. The maximum absolute atomic E-state index is 12.4. The zero-order valence-electron chi connectivity index (χ0n) is 14.8. The van der Waals surface area contributed by atoms with Crippen molar-refractivity contribution in [2.75, 3.05) is 39.6 Å². The molecule has 0 saturated carbocycles. The van der Waals surface area contributed by atoms with Crippen LogP contribution in [0.2, 0.25) is 0 Å². The summed E-state index contributed by atoms with van der Waals surface area (Å²) in [4.78, 5) is 5.04. The number of nitrogens with zero attached hydrogens (tertiary/aromatic N) is 2. The van der Waals surface area contributed by atoms with Gasteiger partial charge in [0.05, 0.1) is 0 Å². The quantitative estimate of drug-likeness (QED) is 0.817. The Bertz CT molecular complexity index is 765. The lowest BCUT2D eigenvalue weighted by molar-refractivity contribution is 0.299. The fraction of sp³-hybridized carbons (Fsp3) is 0.412. The molecule has 0 bridgehead atoms. The zero-order valence-corrected chi connectivity index (χ0v) is 16.4. The molecule has 0 amide bonds. The Morgan fingerprint density at radius 3 is 2.12 bits per heavy atom. The number of hydrogen-bond donors (Lipinski definition) is 1. The second-order valence-corrected chi connectivity index (χ2v) is 9.46. The standard InChI is InChI=1S/C17H25N3O2S2/c1-13-6-11-17(23-13)24(21,22)18-12-16(20(4)5)14-7-9-15(10-8-14)19(2)3/h6-11,16,18H,12H2,1-5H3/t16-/m0/s1. The molecule has 24 heavy (non-hydrogen) atoms. The van der Waals surface area contributed by atoms with Crippen LogP contribution in [0.25, 0.3) is 0 Å². The van der Waals surface area contributed by atoms with Crippen LogP contribution < -0.4 is 9.62 Å². The summed E-state index contributed by atoms with van der Waals surface area (Å²) in [6, 6.07) is 11.6. The van der Waals surface area contributed by atoms with E-state index in [0.29, 0.717) is 10.8 Å². The molecule has 1 aromatic carbocycles. The third kappa shape index (κ3) is 4.57. The van der Waals surface area contributed by atoms with Crippen LogP contribution in [-0.4, -0.2) is 48.1 Å². The SMILES string of the molecule is Cc1ccc(S(=O)(=O)NC[C@@H](c2ccc(N(C)C)cc2)N(C)C)s1. The Balaban J connectivity index is 2.14. The first kappa shape index (κ1) is 18.9. The predicted octanol–water partition coefficient (Wildman–Crippen LogP) is 2.70. The number of nitrogens with one attached hydrogen (secondary N) is 1. The topological polar surface area (TPSA) is 52.7 Å². The van der Waals surface area contributed by atoms with E-state index in [1.807, 2.05) is 75.2 Å². The van der Waals surface area contributed by atoms with E-state index in [2.05, 4.69) is 4.72 Å². The monoisotopic (exact) mass is 367 g/mol. The lowest BCUT2D eigenvalue weighted by atomic mass is 10.1. The van der Waals surface area contributed by atoms with E-state index in [1.165, 1.54) is 11.3 Å². The highest BCUT2D eigenvalue weighted by molar-refractivity contribution is 7.91. The number of likely N-dealkylation sites (N-methyl/N-ethyl adjacent to an activating group) is 1. The van der Waals surface area contributed by atoms with Gasteiger partial charge in [0.25, 0.3) is 0 Å². The Morgan fingerprint density at radius 1 is 1.04 bits per heavy atom. The number of rotatable bonds is 7. The van der Waals surface area contributed by atoms with Crippen LogP contribution in [0.5, 0.6) is 0 Å². The molecule has 1 atom stereocenters. The summed E-state index contributed by atoms with van der Waals surface area (Å²) in [7, 11) is 4.43. The van der Waals surface area contributed by atoms with Crippen molar-refractivity contribution in [1.29, 1.82) is 0 Å². The van der Waals surface area contributed by atoms with E-state index in [1.54, 1.807) is 6.07 Å². The van der Waals surface area contributed by atoms with Gasteiger partial charge in [0.1, 0.15) is 4.21 Å². The van der Waals surface area contributed by atoms with E-state index in [-0.39, 0.29) is 6.04 Å². The second-order valence-electron chi connectivity index (χ2n) is 6.18. The highest BCUT2D eigenvalue weighted by Gasteiger charge is 2.20. The van der Waals surface area contributed by atoms with Crippen molar-refractivity contribution < 1.29 is 8.42 Å². The first-order valence-electron chi connectivity index (χ1n) is 7.70. The molecule has 2 rings (SSSR count). The lowest BCUT2D eigenvalue weighted by Crippen LogP contribution is -2.34. The minimum atomic E-state index is -3.46. The summed E-state index contributed by atoms with van der Waals surface area (Å²) < 4.78 is 27.9. The minimum absolute atomic E-state index is 0.0305. The van der Waals surface area contributed by atoms with E-state index >= 15 is 0 Å². The van der Waals surface area contributed by atoms with Crippen molar-refractivity contribution in [3.63, 3.8) is 0 Å². The van der Waals surface area contributed by atoms with Crippen LogP contribution in [0.4, 0.5) is 5.69 Å². The lowest BCUT2D eigenvalue weighted by Gasteiger charge is -2.25. The van der Waals surface area contributed by atoms with Gasteiger partial charge in [-0.25, -0.2) is 13.1 Å². The molecule has 0 aliphatic carbocycles. The van der Waals surface area contributed by atoms with Gasteiger partial charge >= 0.3 is 0 Å². The van der Waals surface area contributed by atoms with E-state index in [0.717, 1.165) is 16.1 Å². The van der Waals surface area contributed by atoms with E-state index in [4.69, 9.17) is 0 Å². The van der Waals surface area contributed by atoms with E-state index in [9.17, 15) is 8.42 Å². The molecule has 2 aromatic rings. The zero-order chi connectivity index (χ0) is 17.9. The average molecular weight is 368 g/mol. The third-order valence-corrected chi connectivity index (χ3v) is 6.78. The largest absolute Gasteiger partial charge is 0.378 e. The molecular formula is C17H25N3O2S2. The van der Waals surface area contributed by atoms with Crippen LogP contribution in [0.15, 0.2) is 40.6 Å². The number of hydrogen-bond acceptors (Lipinski definition) is 5. The number of sulfonamides is 1. The first-order chi connectivity index (χ1) is 11.2. The van der Waals surface area contributed by atoms with Gasteiger partial charge in [0, 0.05) is 37.2 Å². The van der Waals surface area contributed by atoms with E-state index < -0.39 is 10.0 Å². The molecule has 0 radical (unpaired) electrons. The number of aryl methyl sites for hydroxylation is 1. The van der Waals surface area contributed by atoms with Crippen molar-refractivity contribution in [1.82, 2.24) is 9.62 Å². The molecule has 0 spiro atoms. The van der Waals surface area contributed by atoms with Gasteiger partial charge in [-0.3, -0.25) is 0 Å². The highest BCUT2D eigenvalue weighted by atomic mass is 32.2. The van der Waals surface area contributed by atoms with Gasteiger partial charge in [0.15, 0.2) is 0 Å². The summed E-state index contributed by atoms with van der Waals surface area (Å²) in [5.74, 6) is 0. The predicted molar refractivity (Wildman–Crippen MR) is 101 cm³/mol. The molecule has 0 unspecified atom stereocenters. The van der Waals surface area contributed by atoms with Crippen LogP contribution in [0.1, 0.15) is 16.5 Å². The highest BCUT2D eigenvalue weighted by Crippen LogP contribution is 2.23. The Hall–Kier alpha value is -1.41. The fourth-order valence-electron chi connectivity index (χ4n) is 2.41. The summed E-state index contributed by atoms with van der Waals surface area (Å²) in [6.45, 7) is 2.23. The van der Waals surface area contributed by atoms with Crippen molar-refractivity contribution in [2.45, 2.75) is 17.2 Å². The van der Waals surface area contributed by atoms with Gasteiger partial charge in [-0.05, 0) is 50.8 Å². The summed E-state index contributed by atoms with van der Waals surface area (Å²) >= 11 is 1.29. The number of benzene rings is 1. The van der Waals surface area contributed by atoms with Crippen molar-refractivity contribution in [3.05, 3.63) is 46.8 Å².